The third-order valence-corrected chi connectivity index (χ3v) is 3.05. The van der Waals surface area contributed by atoms with E-state index in [0.717, 1.165) is 37.0 Å². The van der Waals surface area contributed by atoms with Crippen molar-refractivity contribution in [2.45, 2.75) is 39.0 Å². The van der Waals surface area contributed by atoms with Crippen LogP contribution in [-0.2, 0) is 4.84 Å². The summed E-state index contributed by atoms with van der Waals surface area (Å²) < 4.78 is 0. The summed E-state index contributed by atoms with van der Waals surface area (Å²) in [5.41, 5.74) is 2.52. The molecule has 0 amide bonds. The van der Waals surface area contributed by atoms with E-state index < -0.39 is 0 Å². The van der Waals surface area contributed by atoms with Crippen LogP contribution >= 0.6 is 0 Å². The summed E-state index contributed by atoms with van der Waals surface area (Å²) in [7, 11) is 0. The van der Waals surface area contributed by atoms with Crippen LogP contribution in [-0.4, -0.2) is 11.7 Å². The Labute approximate surface area is 101 Å². The monoisotopic (exact) mass is 231 g/mol. The molecule has 1 aromatic carbocycles. The maximum Gasteiger partial charge on any atom is 0.365 e. The van der Waals surface area contributed by atoms with E-state index in [0.29, 0.717) is 5.56 Å². The van der Waals surface area contributed by atoms with Gasteiger partial charge < -0.3 is 4.84 Å². The van der Waals surface area contributed by atoms with Crippen molar-refractivity contribution in [1.29, 1.82) is 0 Å². The number of benzene rings is 1. The van der Waals surface area contributed by atoms with Gasteiger partial charge in [-0.15, -0.1) is 0 Å². The molecule has 0 heterocycles. The van der Waals surface area contributed by atoms with Gasteiger partial charge in [0.15, 0.2) is 0 Å². The third-order valence-electron chi connectivity index (χ3n) is 3.05. The van der Waals surface area contributed by atoms with Crippen LogP contribution in [0.15, 0.2) is 29.4 Å². The predicted molar refractivity (Wildman–Crippen MR) is 67.1 cm³/mol. The van der Waals surface area contributed by atoms with E-state index >= 15 is 0 Å². The van der Waals surface area contributed by atoms with Crippen molar-refractivity contribution < 1.29 is 9.63 Å². The number of hydrogen-bond acceptors (Lipinski definition) is 3. The average molecular weight is 231 g/mol. The first-order valence-corrected chi connectivity index (χ1v) is 6.10. The first-order valence-electron chi connectivity index (χ1n) is 6.10. The molecule has 0 radical (unpaired) electrons. The van der Waals surface area contributed by atoms with Crippen molar-refractivity contribution in [3.63, 3.8) is 0 Å². The lowest BCUT2D eigenvalue weighted by Crippen LogP contribution is -2.09. The van der Waals surface area contributed by atoms with Crippen molar-refractivity contribution >= 4 is 11.7 Å². The lowest BCUT2D eigenvalue weighted by atomic mass is 9.99. The molecule has 0 unspecified atom stereocenters. The van der Waals surface area contributed by atoms with Gasteiger partial charge in [-0.1, -0.05) is 29.8 Å². The van der Waals surface area contributed by atoms with Crippen LogP contribution < -0.4 is 0 Å². The standard InChI is InChI=1S/C14H17NO2/c1-11-7-5-6-10-13(11)14(16)17-15-12-8-3-2-4-9-12/h5-7,10H,2-4,8-9H2,1H3. The van der Waals surface area contributed by atoms with E-state index in [9.17, 15) is 4.79 Å². The summed E-state index contributed by atoms with van der Waals surface area (Å²) in [5.74, 6) is -0.360. The largest absolute Gasteiger partial charge is 0.365 e. The number of hydrogen-bond donors (Lipinski definition) is 0. The van der Waals surface area contributed by atoms with Crippen molar-refractivity contribution in [2.75, 3.05) is 0 Å². The van der Waals surface area contributed by atoms with Gasteiger partial charge >= 0.3 is 5.97 Å². The zero-order valence-corrected chi connectivity index (χ0v) is 10.1. The molecule has 3 nitrogen and oxygen atoms in total. The number of carbonyl (C=O) groups excluding carboxylic acids is 1. The van der Waals surface area contributed by atoms with Crippen LogP contribution in [0, 0.1) is 6.92 Å². The molecule has 0 spiro atoms. The van der Waals surface area contributed by atoms with Gasteiger partial charge in [0.05, 0.1) is 11.3 Å². The maximum absolute atomic E-state index is 11.8. The molecule has 0 saturated heterocycles. The Hall–Kier alpha value is -1.64. The van der Waals surface area contributed by atoms with Crippen molar-refractivity contribution in [3.05, 3.63) is 35.4 Å². The van der Waals surface area contributed by atoms with Gasteiger partial charge in [-0.25, -0.2) is 4.79 Å². The fraction of sp³-hybridized carbons (Fsp3) is 0.429. The molecule has 3 heteroatoms. The Morgan fingerprint density at radius 3 is 2.59 bits per heavy atom. The third kappa shape index (κ3) is 3.16. The molecule has 2 rings (SSSR count). The summed E-state index contributed by atoms with van der Waals surface area (Å²) in [6.45, 7) is 1.89. The average Bonchev–Trinajstić information content (AvgIpc) is 2.38. The molecule has 90 valence electrons. The van der Waals surface area contributed by atoms with Gasteiger partial charge in [0.2, 0.25) is 0 Å². The number of aryl methyl sites for hydroxylation is 1. The zero-order valence-electron chi connectivity index (χ0n) is 10.1. The Bertz CT molecular complexity index is 430. The minimum absolute atomic E-state index is 0.360. The van der Waals surface area contributed by atoms with Gasteiger partial charge in [0.1, 0.15) is 0 Å². The Morgan fingerprint density at radius 1 is 1.18 bits per heavy atom. The SMILES string of the molecule is Cc1ccccc1C(=O)ON=C1CCCCC1. The highest BCUT2D eigenvalue weighted by molar-refractivity contribution is 5.92. The Balaban J connectivity index is 2.00. The van der Waals surface area contributed by atoms with Crippen molar-refractivity contribution in [1.82, 2.24) is 0 Å². The molecular weight excluding hydrogens is 214 g/mol. The maximum atomic E-state index is 11.8. The van der Waals surface area contributed by atoms with Crippen LogP contribution in [0.4, 0.5) is 0 Å². The highest BCUT2D eigenvalue weighted by atomic mass is 16.7. The van der Waals surface area contributed by atoms with Crippen molar-refractivity contribution in [3.8, 4) is 0 Å². The van der Waals surface area contributed by atoms with E-state index in [2.05, 4.69) is 5.16 Å². The van der Waals surface area contributed by atoms with E-state index in [1.807, 2.05) is 25.1 Å². The molecule has 1 aromatic rings. The first-order chi connectivity index (χ1) is 8.27. The lowest BCUT2D eigenvalue weighted by Gasteiger charge is -2.11. The molecule has 17 heavy (non-hydrogen) atoms. The van der Waals surface area contributed by atoms with E-state index in [1.165, 1.54) is 6.42 Å². The van der Waals surface area contributed by atoms with Crippen LogP contribution in [0.3, 0.4) is 0 Å². The molecule has 0 bridgehead atoms. The molecule has 0 N–H and O–H groups in total. The first kappa shape index (κ1) is 11.8. The molecule has 1 saturated carbocycles. The minimum Gasteiger partial charge on any atom is -0.313 e. The predicted octanol–water partition coefficient (Wildman–Crippen LogP) is 3.47. The Morgan fingerprint density at radius 2 is 1.88 bits per heavy atom. The van der Waals surface area contributed by atoms with E-state index in [-0.39, 0.29) is 5.97 Å². The van der Waals surface area contributed by atoms with Crippen LogP contribution in [0.5, 0.6) is 0 Å². The number of nitrogens with zero attached hydrogens (tertiary/aromatic N) is 1. The van der Waals surface area contributed by atoms with E-state index in [1.54, 1.807) is 6.07 Å². The topological polar surface area (TPSA) is 38.7 Å². The molecule has 0 aliphatic heterocycles. The van der Waals surface area contributed by atoms with Crippen LogP contribution in [0.1, 0.15) is 48.0 Å². The summed E-state index contributed by atoms with van der Waals surface area (Å²) >= 11 is 0. The fourth-order valence-electron chi connectivity index (χ4n) is 2.01. The second-order valence-corrected chi connectivity index (χ2v) is 4.41. The second-order valence-electron chi connectivity index (χ2n) is 4.41. The van der Waals surface area contributed by atoms with Gasteiger partial charge in [-0.2, -0.15) is 0 Å². The van der Waals surface area contributed by atoms with Crippen LogP contribution in [0.2, 0.25) is 0 Å². The molecule has 1 fully saturated rings. The summed E-state index contributed by atoms with van der Waals surface area (Å²) in [6, 6.07) is 7.39. The lowest BCUT2D eigenvalue weighted by molar-refractivity contribution is 0.0513. The fourth-order valence-corrected chi connectivity index (χ4v) is 2.01. The number of rotatable bonds is 2. The van der Waals surface area contributed by atoms with E-state index in [4.69, 9.17) is 4.84 Å². The molecule has 1 aliphatic carbocycles. The quantitative estimate of drug-likeness (QED) is 0.577. The minimum atomic E-state index is -0.360. The smallest absolute Gasteiger partial charge is 0.313 e. The molecular formula is C14H17NO2. The second kappa shape index (κ2) is 5.62. The van der Waals surface area contributed by atoms with Crippen LogP contribution in [0.25, 0.3) is 0 Å². The number of carbonyl (C=O) groups is 1. The highest BCUT2D eigenvalue weighted by Gasteiger charge is 2.12. The number of oxime groups is 1. The van der Waals surface area contributed by atoms with Crippen molar-refractivity contribution in [2.24, 2.45) is 5.16 Å². The zero-order chi connectivity index (χ0) is 12.1. The summed E-state index contributed by atoms with van der Waals surface area (Å²) in [4.78, 5) is 16.8. The molecule has 0 aromatic heterocycles. The summed E-state index contributed by atoms with van der Waals surface area (Å²) in [6.07, 6.45) is 5.48. The van der Waals surface area contributed by atoms with Gasteiger partial charge in [0.25, 0.3) is 0 Å². The Kier molecular flexibility index (Phi) is 3.91. The molecule has 1 aliphatic rings. The van der Waals surface area contributed by atoms with Gasteiger partial charge in [0, 0.05) is 0 Å². The van der Waals surface area contributed by atoms with Gasteiger partial charge in [-0.3, -0.25) is 0 Å². The normalized spacial score (nSPS) is 15.5. The van der Waals surface area contributed by atoms with Gasteiger partial charge in [-0.05, 0) is 44.2 Å². The summed E-state index contributed by atoms with van der Waals surface area (Å²) in [5, 5.41) is 3.97. The highest BCUT2D eigenvalue weighted by Crippen LogP contribution is 2.15. The molecule has 0 atom stereocenters.